The largest absolute Gasteiger partial charge is 0.493 e. The Morgan fingerprint density at radius 3 is 2.58 bits per heavy atom. The molecule has 0 fully saturated rings. The maximum Gasteiger partial charge on any atom is 0.248 e. The van der Waals surface area contributed by atoms with Gasteiger partial charge in [-0.05, 0) is 41.5 Å². The van der Waals surface area contributed by atoms with Crippen LogP contribution in [0, 0.1) is 0 Å². The van der Waals surface area contributed by atoms with E-state index in [0.29, 0.717) is 48.5 Å². The number of anilines is 1. The van der Waals surface area contributed by atoms with Crippen LogP contribution in [0.5, 0.6) is 23.0 Å². The number of fused-ring (bicyclic) bond motifs is 1. The number of carbonyl (C=O) groups excluding carboxylic acids is 1. The number of amides is 1. The number of hydrogen-bond donors (Lipinski definition) is 1. The lowest BCUT2D eigenvalue weighted by atomic mass is 10.2. The van der Waals surface area contributed by atoms with Crippen LogP contribution in [0.2, 0.25) is 0 Å². The molecule has 1 N–H and O–H groups in total. The van der Waals surface area contributed by atoms with E-state index in [-0.39, 0.29) is 5.91 Å². The Kier molecular flexibility index (Phi) is 6.38. The molecule has 1 heterocycles. The fourth-order valence-corrected chi connectivity index (χ4v) is 3.12. The Bertz CT molecular complexity index is 1080. The Morgan fingerprint density at radius 2 is 1.77 bits per heavy atom. The van der Waals surface area contributed by atoms with Crippen LogP contribution in [0.15, 0.2) is 72.8 Å². The van der Waals surface area contributed by atoms with Gasteiger partial charge in [0.05, 0.1) is 7.11 Å². The smallest absolute Gasteiger partial charge is 0.248 e. The third kappa shape index (κ3) is 5.36. The van der Waals surface area contributed by atoms with Crippen LogP contribution in [0.25, 0.3) is 6.08 Å². The minimum Gasteiger partial charge on any atom is -0.493 e. The number of rotatable bonds is 7. The summed E-state index contributed by atoms with van der Waals surface area (Å²) >= 11 is 0. The van der Waals surface area contributed by atoms with Gasteiger partial charge in [-0.1, -0.05) is 36.4 Å². The van der Waals surface area contributed by atoms with E-state index in [0.717, 1.165) is 11.1 Å². The second-order valence-corrected chi connectivity index (χ2v) is 6.87. The summed E-state index contributed by atoms with van der Waals surface area (Å²) in [6.45, 7) is 1.47. The molecule has 0 bridgehead atoms. The molecule has 158 valence electrons. The van der Waals surface area contributed by atoms with Crippen LogP contribution >= 0.6 is 0 Å². The minimum atomic E-state index is -0.250. The summed E-state index contributed by atoms with van der Waals surface area (Å²) in [5, 5.41) is 2.82. The van der Waals surface area contributed by atoms with Gasteiger partial charge in [0.1, 0.15) is 19.8 Å². The van der Waals surface area contributed by atoms with Crippen molar-refractivity contribution >= 4 is 17.7 Å². The van der Waals surface area contributed by atoms with E-state index in [1.165, 1.54) is 6.08 Å². The quantitative estimate of drug-likeness (QED) is 0.565. The maximum absolute atomic E-state index is 12.3. The third-order valence-corrected chi connectivity index (χ3v) is 4.66. The molecule has 1 aliphatic rings. The van der Waals surface area contributed by atoms with E-state index < -0.39 is 0 Å². The SMILES string of the molecule is COc1cc(/C=C/C(=O)Nc2ccc3c(c2)OCCO3)ccc1OCc1ccccc1. The molecular formula is C25H23NO5. The highest BCUT2D eigenvalue weighted by molar-refractivity contribution is 6.02. The molecule has 0 saturated carbocycles. The van der Waals surface area contributed by atoms with Gasteiger partial charge >= 0.3 is 0 Å². The Morgan fingerprint density at radius 1 is 0.968 bits per heavy atom. The fourth-order valence-electron chi connectivity index (χ4n) is 3.12. The van der Waals surface area contributed by atoms with Crippen LogP contribution in [0.3, 0.4) is 0 Å². The first-order valence-corrected chi connectivity index (χ1v) is 9.95. The number of carbonyl (C=O) groups is 1. The average molecular weight is 417 g/mol. The van der Waals surface area contributed by atoms with Crippen molar-refractivity contribution in [2.45, 2.75) is 6.61 Å². The van der Waals surface area contributed by atoms with Gasteiger partial charge in [-0.2, -0.15) is 0 Å². The summed E-state index contributed by atoms with van der Waals surface area (Å²) in [7, 11) is 1.59. The van der Waals surface area contributed by atoms with E-state index in [1.54, 1.807) is 31.4 Å². The molecule has 6 nitrogen and oxygen atoms in total. The zero-order valence-corrected chi connectivity index (χ0v) is 17.2. The number of methoxy groups -OCH3 is 1. The van der Waals surface area contributed by atoms with Gasteiger partial charge in [-0.3, -0.25) is 4.79 Å². The molecule has 0 aliphatic carbocycles. The first kappa shape index (κ1) is 20.3. The lowest BCUT2D eigenvalue weighted by Crippen LogP contribution is -2.16. The molecule has 1 amide bonds. The number of ether oxygens (including phenoxy) is 4. The summed E-state index contributed by atoms with van der Waals surface area (Å²) in [4.78, 5) is 12.3. The Balaban J connectivity index is 1.38. The minimum absolute atomic E-state index is 0.250. The maximum atomic E-state index is 12.3. The van der Waals surface area contributed by atoms with Gasteiger partial charge in [0, 0.05) is 17.8 Å². The van der Waals surface area contributed by atoms with Crippen LogP contribution in [0.4, 0.5) is 5.69 Å². The average Bonchev–Trinajstić information content (AvgIpc) is 2.82. The lowest BCUT2D eigenvalue weighted by molar-refractivity contribution is -0.111. The summed E-state index contributed by atoms with van der Waals surface area (Å²) in [5.41, 5.74) is 2.53. The van der Waals surface area contributed by atoms with Crippen molar-refractivity contribution in [1.82, 2.24) is 0 Å². The normalized spacial score (nSPS) is 12.4. The van der Waals surface area contributed by atoms with Gasteiger partial charge < -0.3 is 24.3 Å². The van der Waals surface area contributed by atoms with E-state index in [2.05, 4.69) is 5.32 Å². The Labute approximate surface area is 181 Å². The van der Waals surface area contributed by atoms with Crippen molar-refractivity contribution in [2.24, 2.45) is 0 Å². The summed E-state index contributed by atoms with van der Waals surface area (Å²) < 4.78 is 22.3. The Hall–Kier alpha value is -3.93. The topological polar surface area (TPSA) is 66.0 Å². The second-order valence-electron chi connectivity index (χ2n) is 6.87. The molecule has 31 heavy (non-hydrogen) atoms. The number of nitrogens with one attached hydrogen (secondary N) is 1. The molecule has 3 aromatic rings. The first-order valence-electron chi connectivity index (χ1n) is 9.95. The van der Waals surface area contributed by atoms with Gasteiger partial charge in [0.2, 0.25) is 5.91 Å². The van der Waals surface area contributed by atoms with Crippen molar-refractivity contribution in [3.8, 4) is 23.0 Å². The second kappa shape index (κ2) is 9.71. The van der Waals surface area contributed by atoms with E-state index in [1.807, 2.05) is 48.5 Å². The highest BCUT2D eigenvalue weighted by atomic mass is 16.6. The van der Waals surface area contributed by atoms with Crippen LogP contribution in [-0.2, 0) is 11.4 Å². The molecule has 0 aromatic heterocycles. The monoisotopic (exact) mass is 417 g/mol. The highest BCUT2D eigenvalue weighted by Gasteiger charge is 2.12. The highest BCUT2D eigenvalue weighted by Crippen LogP contribution is 2.33. The zero-order valence-electron chi connectivity index (χ0n) is 17.2. The zero-order chi connectivity index (χ0) is 21.5. The summed E-state index contributed by atoms with van der Waals surface area (Å²) in [6, 6.07) is 20.8. The molecule has 6 heteroatoms. The molecule has 0 radical (unpaired) electrons. The predicted octanol–water partition coefficient (Wildman–Crippen LogP) is 4.70. The molecule has 4 rings (SSSR count). The predicted molar refractivity (Wildman–Crippen MR) is 119 cm³/mol. The van der Waals surface area contributed by atoms with Crippen molar-refractivity contribution in [1.29, 1.82) is 0 Å². The van der Waals surface area contributed by atoms with Crippen molar-refractivity contribution < 1.29 is 23.7 Å². The molecular weight excluding hydrogens is 394 g/mol. The first-order chi connectivity index (χ1) is 15.2. The fraction of sp³-hybridized carbons (Fsp3) is 0.160. The summed E-state index contributed by atoms with van der Waals surface area (Å²) in [5.74, 6) is 2.31. The number of benzene rings is 3. The van der Waals surface area contributed by atoms with Crippen molar-refractivity contribution in [2.75, 3.05) is 25.6 Å². The number of hydrogen-bond acceptors (Lipinski definition) is 5. The lowest BCUT2D eigenvalue weighted by Gasteiger charge is -2.18. The van der Waals surface area contributed by atoms with Crippen molar-refractivity contribution in [3.63, 3.8) is 0 Å². The van der Waals surface area contributed by atoms with E-state index in [4.69, 9.17) is 18.9 Å². The van der Waals surface area contributed by atoms with E-state index >= 15 is 0 Å². The molecule has 0 saturated heterocycles. The standard InChI is InChI=1S/C25H23NO5/c1-28-23-15-18(7-10-21(23)31-17-19-5-3-2-4-6-19)8-12-25(27)26-20-9-11-22-24(16-20)30-14-13-29-22/h2-12,15-16H,13-14,17H2,1H3,(H,26,27)/b12-8+. The van der Waals surface area contributed by atoms with Crippen LogP contribution in [0.1, 0.15) is 11.1 Å². The van der Waals surface area contributed by atoms with Crippen molar-refractivity contribution in [3.05, 3.63) is 83.9 Å². The third-order valence-electron chi connectivity index (χ3n) is 4.66. The molecule has 3 aromatic carbocycles. The van der Waals surface area contributed by atoms with Gasteiger partial charge in [0.25, 0.3) is 0 Å². The van der Waals surface area contributed by atoms with Crippen LogP contribution < -0.4 is 24.3 Å². The molecule has 0 spiro atoms. The van der Waals surface area contributed by atoms with E-state index in [9.17, 15) is 4.79 Å². The molecule has 0 atom stereocenters. The van der Waals surface area contributed by atoms with Crippen LogP contribution in [-0.4, -0.2) is 26.2 Å². The van der Waals surface area contributed by atoms with Gasteiger partial charge in [0.15, 0.2) is 23.0 Å². The molecule has 1 aliphatic heterocycles. The van der Waals surface area contributed by atoms with Gasteiger partial charge in [-0.15, -0.1) is 0 Å². The summed E-state index contributed by atoms with van der Waals surface area (Å²) in [6.07, 6.45) is 3.19. The molecule has 0 unspecified atom stereocenters. The van der Waals surface area contributed by atoms with Gasteiger partial charge in [-0.25, -0.2) is 0 Å².